The average molecular weight is 331 g/mol. The zero-order chi connectivity index (χ0) is 16.2. The summed E-state index contributed by atoms with van der Waals surface area (Å²) in [4.78, 5) is 19.5. The minimum atomic E-state index is -0.0826. The largest absolute Gasteiger partial charge is 0.458 e. The quantitative estimate of drug-likeness (QED) is 0.750. The third-order valence-corrected chi connectivity index (χ3v) is 4.37. The predicted octanol–water partition coefficient (Wildman–Crippen LogP) is 2.43. The maximum Gasteiger partial charge on any atom is 0.217 e. The van der Waals surface area contributed by atoms with Gasteiger partial charge in [0.05, 0.1) is 18.1 Å². The van der Waals surface area contributed by atoms with E-state index in [2.05, 4.69) is 27.3 Å². The van der Waals surface area contributed by atoms with Crippen LogP contribution in [0.4, 0.5) is 0 Å². The van der Waals surface area contributed by atoms with Crippen molar-refractivity contribution in [3.05, 3.63) is 40.9 Å². The fraction of sp³-hybridized carbons (Fsp3) is 0.333. The summed E-state index contributed by atoms with van der Waals surface area (Å²) >= 11 is 1.60. The normalized spacial score (nSPS) is 12.3. The van der Waals surface area contributed by atoms with E-state index in [4.69, 9.17) is 4.42 Å². The molecule has 3 rings (SSSR count). The minimum Gasteiger partial charge on any atom is -0.458 e. The smallest absolute Gasteiger partial charge is 0.217 e. The monoisotopic (exact) mass is 331 g/mol. The lowest BCUT2D eigenvalue weighted by molar-refractivity contribution is -0.119. The van der Waals surface area contributed by atoms with Crippen LogP contribution in [0.25, 0.3) is 11.5 Å². The number of rotatable bonds is 6. The van der Waals surface area contributed by atoms with Gasteiger partial charge in [-0.2, -0.15) is 5.10 Å². The van der Waals surface area contributed by atoms with E-state index in [1.165, 1.54) is 13.3 Å². The highest BCUT2D eigenvalue weighted by molar-refractivity contribution is 7.10. The molecule has 0 radical (unpaired) electrons. The van der Waals surface area contributed by atoms with Gasteiger partial charge in [-0.25, -0.2) is 9.97 Å². The molecule has 0 aliphatic rings. The standard InChI is InChI=1S/C15H17N5O2S/c1-10(6-20-9-16-8-18-20)15-19-13(7-23-15)14-4-3-12(22-14)5-17-11(2)21/h3-4,7-10H,5-6H2,1-2H3,(H,17,21)/t10-/m1/s1. The predicted molar refractivity (Wildman–Crippen MR) is 85.8 cm³/mol. The van der Waals surface area contributed by atoms with Gasteiger partial charge < -0.3 is 9.73 Å². The summed E-state index contributed by atoms with van der Waals surface area (Å²) in [5.74, 6) is 1.58. The molecule has 0 aromatic carbocycles. The number of carbonyl (C=O) groups is 1. The molecule has 1 atom stereocenters. The van der Waals surface area contributed by atoms with Gasteiger partial charge in [0.2, 0.25) is 5.91 Å². The van der Waals surface area contributed by atoms with Crippen LogP contribution in [0.5, 0.6) is 0 Å². The number of carbonyl (C=O) groups excluding carboxylic acids is 1. The molecule has 7 nitrogen and oxygen atoms in total. The topological polar surface area (TPSA) is 85.8 Å². The van der Waals surface area contributed by atoms with Gasteiger partial charge in [0.15, 0.2) is 5.76 Å². The first-order valence-corrected chi connectivity index (χ1v) is 8.11. The van der Waals surface area contributed by atoms with E-state index >= 15 is 0 Å². The first-order chi connectivity index (χ1) is 11.1. The third kappa shape index (κ3) is 3.84. The summed E-state index contributed by atoms with van der Waals surface area (Å²) in [7, 11) is 0. The van der Waals surface area contributed by atoms with Crippen LogP contribution in [-0.2, 0) is 17.9 Å². The summed E-state index contributed by atoms with van der Waals surface area (Å²) in [6.07, 6.45) is 3.23. The summed E-state index contributed by atoms with van der Waals surface area (Å²) in [5.41, 5.74) is 0.810. The molecule has 0 fully saturated rings. The number of furan rings is 1. The zero-order valence-electron chi connectivity index (χ0n) is 12.9. The highest BCUT2D eigenvalue weighted by atomic mass is 32.1. The molecule has 1 N–H and O–H groups in total. The summed E-state index contributed by atoms with van der Waals surface area (Å²) in [6, 6.07) is 3.72. The molecule has 0 saturated heterocycles. The number of aromatic nitrogens is 4. The molecule has 23 heavy (non-hydrogen) atoms. The Labute approximate surface area is 137 Å². The number of hydrogen-bond acceptors (Lipinski definition) is 6. The maximum atomic E-state index is 10.9. The molecule has 0 saturated carbocycles. The highest BCUT2D eigenvalue weighted by Gasteiger charge is 2.14. The Morgan fingerprint density at radius 1 is 1.48 bits per heavy atom. The van der Waals surface area contributed by atoms with E-state index in [-0.39, 0.29) is 11.8 Å². The minimum absolute atomic E-state index is 0.0826. The van der Waals surface area contributed by atoms with Crippen LogP contribution in [0.15, 0.2) is 34.6 Å². The highest BCUT2D eigenvalue weighted by Crippen LogP contribution is 2.28. The van der Waals surface area contributed by atoms with Crippen molar-refractivity contribution < 1.29 is 9.21 Å². The summed E-state index contributed by atoms with van der Waals surface area (Å²) < 4.78 is 7.52. The van der Waals surface area contributed by atoms with E-state index in [0.29, 0.717) is 18.1 Å². The van der Waals surface area contributed by atoms with Gasteiger partial charge in [0, 0.05) is 18.2 Å². The van der Waals surface area contributed by atoms with Crippen LogP contribution in [0.3, 0.4) is 0 Å². The number of thiazole rings is 1. The number of nitrogens with one attached hydrogen (secondary N) is 1. The van der Waals surface area contributed by atoms with Crippen molar-refractivity contribution in [1.82, 2.24) is 25.1 Å². The Morgan fingerprint density at radius 3 is 3.09 bits per heavy atom. The van der Waals surface area contributed by atoms with Gasteiger partial charge in [-0.1, -0.05) is 6.92 Å². The Balaban J connectivity index is 1.67. The Morgan fingerprint density at radius 2 is 2.35 bits per heavy atom. The lowest BCUT2D eigenvalue weighted by Gasteiger charge is -2.07. The van der Waals surface area contributed by atoms with Crippen LogP contribution in [0.2, 0.25) is 0 Å². The second kappa shape index (κ2) is 6.74. The van der Waals surface area contributed by atoms with Gasteiger partial charge >= 0.3 is 0 Å². The van der Waals surface area contributed by atoms with Crippen molar-refractivity contribution in [1.29, 1.82) is 0 Å². The molecule has 0 unspecified atom stereocenters. The van der Waals surface area contributed by atoms with Crippen LogP contribution >= 0.6 is 11.3 Å². The summed E-state index contributed by atoms with van der Waals surface area (Å²) in [6.45, 7) is 4.70. The third-order valence-electron chi connectivity index (χ3n) is 3.30. The maximum absolute atomic E-state index is 10.9. The van der Waals surface area contributed by atoms with Gasteiger partial charge in [-0.3, -0.25) is 9.48 Å². The molecular formula is C15H17N5O2S. The molecule has 3 heterocycles. The van der Waals surface area contributed by atoms with E-state index in [9.17, 15) is 4.79 Å². The lowest BCUT2D eigenvalue weighted by Crippen LogP contribution is -2.18. The van der Waals surface area contributed by atoms with Crippen LogP contribution in [-0.4, -0.2) is 25.7 Å². The fourth-order valence-corrected chi connectivity index (χ4v) is 2.99. The molecule has 0 aliphatic carbocycles. The molecule has 8 heteroatoms. The molecule has 3 aromatic rings. The van der Waals surface area contributed by atoms with Gasteiger partial charge in [-0.15, -0.1) is 11.3 Å². The average Bonchev–Trinajstić information content (AvgIpc) is 3.25. The van der Waals surface area contributed by atoms with Crippen molar-refractivity contribution in [2.75, 3.05) is 0 Å². The van der Waals surface area contributed by atoms with Crippen LogP contribution < -0.4 is 5.32 Å². The lowest BCUT2D eigenvalue weighted by atomic mass is 10.2. The number of hydrogen-bond donors (Lipinski definition) is 1. The van der Waals surface area contributed by atoms with Crippen LogP contribution in [0.1, 0.15) is 30.5 Å². The van der Waals surface area contributed by atoms with E-state index < -0.39 is 0 Å². The zero-order valence-corrected chi connectivity index (χ0v) is 13.7. The molecule has 1 amide bonds. The SMILES string of the molecule is CC(=O)NCc1ccc(-c2csc([C@H](C)Cn3cncn3)n2)o1. The number of amides is 1. The van der Waals surface area contributed by atoms with Crippen molar-refractivity contribution in [2.45, 2.75) is 32.9 Å². The Bertz CT molecular complexity index is 778. The van der Waals surface area contributed by atoms with Crippen molar-refractivity contribution >= 4 is 17.2 Å². The van der Waals surface area contributed by atoms with E-state index in [1.807, 2.05) is 17.5 Å². The van der Waals surface area contributed by atoms with Gasteiger partial charge in [-0.05, 0) is 12.1 Å². The van der Waals surface area contributed by atoms with E-state index in [1.54, 1.807) is 22.3 Å². The molecule has 0 aliphatic heterocycles. The molecular weight excluding hydrogens is 314 g/mol. The van der Waals surface area contributed by atoms with Crippen LogP contribution in [0, 0.1) is 0 Å². The first kappa shape index (κ1) is 15.4. The number of nitrogens with zero attached hydrogens (tertiary/aromatic N) is 4. The second-order valence-electron chi connectivity index (χ2n) is 5.27. The van der Waals surface area contributed by atoms with Crippen molar-refractivity contribution in [3.8, 4) is 11.5 Å². The second-order valence-corrected chi connectivity index (χ2v) is 6.15. The first-order valence-electron chi connectivity index (χ1n) is 7.23. The van der Waals surface area contributed by atoms with E-state index in [0.717, 1.165) is 17.2 Å². The fourth-order valence-electron chi connectivity index (χ4n) is 2.13. The molecule has 0 spiro atoms. The van der Waals surface area contributed by atoms with Gasteiger partial charge in [0.25, 0.3) is 0 Å². The van der Waals surface area contributed by atoms with Crippen molar-refractivity contribution in [2.24, 2.45) is 0 Å². The molecule has 3 aromatic heterocycles. The van der Waals surface area contributed by atoms with Gasteiger partial charge in [0.1, 0.15) is 24.1 Å². The molecule has 0 bridgehead atoms. The summed E-state index contributed by atoms with van der Waals surface area (Å²) in [5, 5.41) is 9.83. The molecule has 120 valence electrons. The Hall–Kier alpha value is -2.48. The van der Waals surface area contributed by atoms with Crippen molar-refractivity contribution in [3.63, 3.8) is 0 Å². The Kier molecular flexibility index (Phi) is 4.52.